The Labute approximate surface area is 131 Å². The third-order valence-corrected chi connectivity index (χ3v) is 4.06. The van der Waals surface area contributed by atoms with Crippen molar-refractivity contribution in [1.82, 2.24) is 15.0 Å². The highest BCUT2D eigenvalue weighted by Gasteiger charge is 2.15. The minimum absolute atomic E-state index is 0.558. The lowest BCUT2D eigenvalue weighted by atomic mass is 9.98. The van der Waals surface area contributed by atoms with Crippen LogP contribution in [-0.4, -0.2) is 15.0 Å². The molecule has 4 nitrogen and oxygen atoms in total. The second kappa shape index (κ2) is 4.61. The van der Waals surface area contributed by atoms with E-state index in [4.69, 9.17) is 4.42 Å². The molecule has 0 aliphatic carbocycles. The second-order valence-corrected chi connectivity index (χ2v) is 5.37. The summed E-state index contributed by atoms with van der Waals surface area (Å²) in [5.74, 6) is 0. The molecule has 0 saturated carbocycles. The number of aromatic nitrogens is 3. The van der Waals surface area contributed by atoms with Crippen molar-refractivity contribution in [3.05, 3.63) is 67.1 Å². The van der Waals surface area contributed by atoms with Gasteiger partial charge in [0.1, 0.15) is 11.1 Å². The summed E-state index contributed by atoms with van der Waals surface area (Å²) in [7, 11) is 0. The summed E-state index contributed by atoms with van der Waals surface area (Å²) in [5, 5.41) is 2.09. The number of pyridine rings is 1. The third-order valence-electron chi connectivity index (χ3n) is 4.06. The van der Waals surface area contributed by atoms with E-state index in [2.05, 4.69) is 39.2 Å². The molecule has 0 amide bonds. The zero-order chi connectivity index (χ0) is 15.2. The van der Waals surface area contributed by atoms with Crippen molar-refractivity contribution in [2.45, 2.75) is 0 Å². The minimum Gasteiger partial charge on any atom is -0.436 e. The number of hydrogen-bond acceptors (Lipinski definition) is 4. The van der Waals surface area contributed by atoms with Gasteiger partial charge in [0.15, 0.2) is 0 Å². The van der Waals surface area contributed by atoms with Gasteiger partial charge >= 0.3 is 0 Å². The lowest BCUT2D eigenvalue weighted by Crippen LogP contribution is -1.86. The standard InChI is InChI=1S/C19H11N3O/c1-4-12-5-3-9-20-17(12)14(7-1)13-6-2-8-15-16(13)18-19(23-15)22-11-10-21-18/h1-11H. The fourth-order valence-corrected chi connectivity index (χ4v) is 3.08. The molecule has 0 aliphatic heterocycles. The summed E-state index contributed by atoms with van der Waals surface area (Å²) in [6, 6.07) is 16.2. The van der Waals surface area contributed by atoms with E-state index in [1.165, 1.54) is 0 Å². The van der Waals surface area contributed by atoms with Crippen LogP contribution in [0.1, 0.15) is 0 Å². The molecular weight excluding hydrogens is 286 g/mol. The Bertz CT molecular complexity index is 1170. The molecule has 0 fully saturated rings. The monoisotopic (exact) mass is 297 g/mol. The van der Waals surface area contributed by atoms with Crippen molar-refractivity contribution in [3.8, 4) is 11.1 Å². The van der Waals surface area contributed by atoms with Crippen LogP contribution in [0.25, 0.3) is 44.2 Å². The number of furan rings is 1. The van der Waals surface area contributed by atoms with Crippen LogP contribution < -0.4 is 0 Å². The van der Waals surface area contributed by atoms with Crippen molar-refractivity contribution in [1.29, 1.82) is 0 Å². The van der Waals surface area contributed by atoms with Crippen molar-refractivity contribution in [3.63, 3.8) is 0 Å². The molecule has 5 aromatic rings. The molecule has 4 heteroatoms. The second-order valence-electron chi connectivity index (χ2n) is 5.37. The van der Waals surface area contributed by atoms with Crippen LogP contribution in [0, 0.1) is 0 Å². The highest BCUT2D eigenvalue weighted by molar-refractivity contribution is 6.12. The van der Waals surface area contributed by atoms with Gasteiger partial charge in [-0.3, -0.25) is 4.98 Å². The fraction of sp³-hybridized carbons (Fsp3) is 0. The van der Waals surface area contributed by atoms with Crippen LogP contribution in [0.4, 0.5) is 0 Å². The molecule has 108 valence electrons. The molecule has 3 heterocycles. The summed E-state index contributed by atoms with van der Waals surface area (Å²) in [6.45, 7) is 0. The van der Waals surface area contributed by atoms with Gasteiger partial charge in [-0.25, -0.2) is 9.97 Å². The van der Waals surface area contributed by atoms with Crippen LogP contribution in [0.15, 0.2) is 71.5 Å². The maximum atomic E-state index is 5.83. The van der Waals surface area contributed by atoms with Gasteiger partial charge in [-0.2, -0.15) is 0 Å². The molecule has 3 aromatic heterocycles. The van der Waals surface area contributed by atoms with Gasteiger partial charge in [0.05, 0.1) is 10.9 Å². The molecule has 0 spiro atoms. The average molecular weight is 297 g/mol. The van der Waals surface area contributed by atoms with Gasteiger partial charge in [-0.15, -0.1) is 0 Å². The average Bonchev–Trinajstić information content (AvgIpc) is 3.00. The van der Waals surface area contributed by atoms with E-state index in [0.29, 0.717) is 5.71 Å². The Hall–Kier alpha value is -3.27. The number of benzene rings is 2. The molecule has 0 radical (unpaired) electrons. The van der Waals surface area contributed by atoms with Crippen LogP contribution >= 0.6 is 0 Å². The van der Waals surface area contributed by atoms with Crippen LogP contribution in [0.2, 0.25) is 0 Å². The van der Waals surface area contributed by atoms with E-state index in [1.54, 1.807) is 12.4 Å². The summed E-state index contributed by atoms with van der Waals surface area (Å²) < 4.78 is 5.83. The lowest BCUT2D eigenvalue weighted by Gasteiger charge is -2.07. The molecule has 0 unspecified atom stereocenters. The number of rotatable bonds is 1. The highest BCUT2D eigenvalue weighted by atomic mass is 16.3. The van der Waals surface area contributed by atoms with Crippen molar-refractivity contribution in [2.75, 3.05) is 0 Å². The molecular formula is C19H11N3O. The summed E-state index contributed by atoms with van der Waals surface area (Å²) in [5.41, 5.74) is 5.24. The molecule has 5 rings (SSSR count). The van der Waals surface area contributed by atoms with Crippen molar-refractivity contribution < 1.29 is 4.42 Å². The SMILES string of the molecule is c1cnc2c(-c3cccc4oc5nccnc5c34)cccc2c1. The van der Waals surface area contributed by atoms with Crippen LogP contribution in [0.5, 0.6) is 0 Å². The van der Waals surface area contributed by atoms with E-state index < -0.39 is 0 Å². The van der Waals surface area contributed by atoms with Gasteiger partial charge in [-0.1, -0.05) is 36.4 Å². The van der Waals surface area contributed by atoms with E-state index in [1.807, 2.05) is 30.5 Å². The number of fused-ring (bicyclic) bond motifs is 4. The van der Waals surface area contributed by atoms with E-state index in [0.717, 1.165) is 38.5 Å². The van der Waals surface area contributed by atoms with Gasteiger partial charge < -0.3 is 4.42 Å². The maximum Gasteiger partial charge on any atom is 0.246 e. The van der Waals surface area contributed by atoms with Crippen molar-refractivity contribution >= 4 is 33.1 Å². The van der Waals surface area contributed by atoms with Gasteiger partial charge in [0.25, 0.3) is 0 Å². The number of para-hydroxylation sites is 1. The first-order valence-corrected chi connectivity index (χ1v) is 7.38. The predicted molar refractivity (Wildman–Crippen MR) is 90.0 cm³/mol. The zero-order valence-corrected chi connectivity index (χ0v) is 12.1. The first-order chi connectivity index (χ1) is 11.4. The Morgan fingerprint density at radius 3 is 2.43 bits per heavy atom. The molecule has 0 N–H and O–H groups in total. The quantitative estimate of drug-likeness (QED) is 0.454. The first kappa shape index (κ1) is 12.3. The molecule has 0 atom stereocenters. The Balaban J connectivity index is 1.96. The highest BCUT2D eigenvalue weighted by Crippen LogP contribution is 2.37. The normalized spacial score (nSPS) is 11.5. The van der Waals surface area contributed by atoms with Gasteiger partial charge in [0, 0.05) is 29.5 Å². The van der Waals surface area contributed by atoms with Crippen molar-refractivity contribution in [2.24, 2.45) is 0 Å². The smallest absolute Gasteiger partial charge is 0.246 e. The first-order valence-electron chi connectivity index (χ1n) is 7.38. The predicted octanol–water partition coefficient (Wildman–Crippen LogP) is 4.59. The fourth-order valence-electron chi connectivity index (χ4n) is 3.08. The topological polar surface area (TPSA) is 51.8 Å². The molecule has 23 heavy (non-hydrogen) atoms. The maximum absolute atomic E-state index is 5.83. The van der Waals surface area contributed by atoms with Crippen LogP contribution in [-0.2, 0) is 0 Å². The van der Waals surface area contributed by atoms with Gasteiger partial charge in [0.2, 0.25) is 5.71 Å². The largest absolute Gasteiger partial charge is 0.436 e. The number of nitrogens with zero attached hydrogens (tertiary/aromatic N) is 3. The van der Waals surface area contributed by atoms with Crippen LogP contribution in [0.3, 0.4) is 0 Å². The lowest BCUT2D eigenvalue weighted by molar-refractivity contribution is 0.653. The minimum atomic E-state index is 0.558. The Morgan fingerprint density at radius 2 is 1.43 bits per heavy atom. The Morgan fingerprint density at radius 1 is 0.652 bits per heavy atom. The molecule has 2 aromatic carbocycles. The molecule has 0 bridgehead atoms. The number of hydrogen-bond donors (Lipinski definition) is 0. The zero-order valence-electron chi connectivity index (χ0n) is 12.1. The van der Waals surface area contributed by atoms with Gasteiger partial charge in [-0.05, 0) is 17.7 Å². The summed E-state index contributed by atoms with van der Waals surface area (Å²) in [6.07, 6.45) is 5.15. The third kappa shape index (κ3) is 1.75. The van der Waals surface area contributed by atoms with E-state index in [9.17, 15) is 0 Å². The summed E-state index contributed by atoms with van der Waals surface area (Å²) in [4.78, 5) is 13.3. The Kier molecular flexibility index (Phi) is 2.46. The van der Waals surface area contributed by atoms with E-state index >= 15 is 0 Å². The van der Waals surface area contributed by atoms with E-state index in [-0.39, 0.29) is 0 Å². The molecule has 0 aliphatic rings. The summed E-state index contributed by atoms with van der Waals surface area (Å²) >= 11 is 0. The molecule has 0 saturated heterocycles.